The molecule has 6 aromatic carbocycles. The molecule has 336 valence electrons. The number of para-hydroxylation sites is 1. The second-order valence-corrected chi connectivity index (χ2v) is 25.7. The van der Waals surface area contributed by atoms with E-state index in [1.165, 1.54) is 119 Å². The van der Waals surface area contributed by atoms with Gasteiger partial charge in [0.25, 0.3) is 6.71 Å². The molecule has 2 aliphatic heterocycles. The summed E-state index contributed by atoms with van der Waals surface area (Å²) in [6, 6.07) is 51.6. The third kappa shape index (κ3) is 7.19. The first-order chi connectivity index (χ1) is 31.2. The first-order valence-corrected chi connectivity index (χ1v) is 25.8. The summed E-state index contributed by atoms with van der Waals surface area (Å²) in [5.74, 6) is 1.57. The Morgan fingerprint density at radius 1 is 0.530 bits per heavy atom. The zero-order valence-electron chi connectivity index (χ0n) is 41.6. The van der Waals surface area contributed by atoms with Gasteiger partial charge in [0.15, 0.2) is 0 Å². The van der Waals surface area contributed by atoms with Crippen LogP contribution in [-0.2, 0) is 21.7 Å². The van der Waals surface area contributed by atoms with Crippen LogP contribution in [-0.4, -0.2) is 12.8 Å². The van der Waals surface area contributed by atoms with Crippen LogP contribution in [0.25, 0.3) is 10.1 Å². The summed E-state index contributed by atoms with van der Waals surface area (Å²) < 4.78 is 2.83. The molecule has 2 fully saturated rings. The van der Waals surface area contributed by atoms with Crippen molar-refractivity contribution in [2.24, 2.45) is 11.8 Å². The van der Waals surface area contributed by atoms with Crippen molar-refractivity contribution in [1.82, 2.24) is 0 Å². The van der Waals surface area contributed by atoms with Crippen LogP contribution < -0.4 is 25.5 Å². The maximum Gasteiger partial charge on any atom is 0.264 e. The predicted octanol–water partition coefficient (Wildman–Crippen LogP) is 15.2. The minimum atomic E-state index is 0.0199. The number of anilines is 5. The number of hydrogen-bond acceptors (Lipinski definition) is 3. The van der Waals surface area contributed by atoms with Crippen LogP contribution in [0.3, 0.4) is 0 Å². The van der Waals surface area contributed by atoms with E-state index >= 15 is 0 Å². The molecule has 3 heterocycles. The third-order valence-corrected chi connectivity index (χ3v) is 17.3. The Kier molecular flexibility index (Phi) is 10.0. The molecule has 0 saturated heterocycles. The van der Waals surface area contributed by atoms with Gasteiger partial charge >= 0.3 is 0 Å². The Hall–Kier alpha value is -5.06. The van der Waals surface area contributed by atoms with Gasteiger partial charge < -0.3 is 9.80 Å². The molecule has 3 atom stereocenters. The normalized spacial score (nSPS) is 19.2. The summed E-state index contributed by atoms with van der Waals surface area (Å²) in [5.41, 5.74) is 19.4. The lowest BCUT2D eigenvalue weighted by Gasteiger charge is -2.47. The van der Waals surface area contributed by atoms with Crippen LogP contribution in [0.2, 0.25) is 0 Å². The van der Waals surface area contributed by atoms with Gasteiger partial charge in [-0.2, -0.15) is 0 Å². The van der Waals surface area contributed by atoms with Gasteiger partial charge in [0.05, 0.1) is 5.69 Å². The van der Waals surface area contributed by atoms with Gasteiger partial charge in [0.2, 0.25) is 0 Å². The highest BCUT2D eigenvalue weighted by Crippen LogP contribution is 2.53. The Labute approximate surface area is 400 Å². The van der Waals surface area contributed by atoms with E-state index in [9.17, 15) is 0 Å². The van der Waals surface area contributed by atoms with Gasteiger partial charge in [0.1, 0.15) is 0 Å². The number of hydrogen-bond donors (Lipinski definition) is 0. The highest BCUT2D eigenvalue weighted by molar-refractivity contribution is 7.33. The fourth-order valence-corrected chi connectivity index (χ4v) is 13.6. The Morgan fingerprint density at radius 2 is 1.08 bits per heavy atom. The number of benzene rings is 6. The maximum atomic E-state index is 2.89. The predicted molar refractivity (Wildman–Crippen MR) is 288 cm³/mol. The lowest BCUT2D eigenvalue weighted by atomic mass is 9.36. The fourth-order valence-electron chi connectivity index (χ4n) is 12.3. The zero-order valence-corrected chi connectivity index (χ0v) is 42.5. The van der Waals surface area contributed by atoms with Crippen molar-refractivity contribution in [2.45, 2.75) is 142 Å². The highest BCUT2D eigenvalue weighted by Gasteiger charge is 2.50. The van der Waals surface area contributed by atoms with Crippen LogP contribution >= 0.6 is 11.3 Å². The molecule has 66 heavy (non-hydrogen) atoms. The average molecular weight is 885 g/mol. The van der Waals surface area contributed by atoms with E-state index < -0.39 is 0 Å². The molecule has 4 aliphatic rings. The van der Waals surface area contributed by atoms with E-state index in [0.717, 1.165) is 5.92 Å². The summed E-state index contributed by atoms with van der Waals surface area (Å²) in [4.78, 5) is 5.60. The Morgan fingerprint density at radius 3 is 1.62 bits per heavy atom. The molecular weight excluding hydrogens is 816 g/mol. The monoisotopic (exact) mass is 885 g/mol. The van der Waals surface area contributed by atoms with Crippen molar-refractivity contribution in [3.05, 3.63) is 166 Å². The van der Waals surface area contributed by atoms with E-state index in [0.29, 0.717) is 12.0 Å². The molecule has 1 aromatic heterocycles. The molecule has 4 heteroatoms. The summed E-state index contributed by atoms with van der Waals surface area (Å²) in [7, 11) is 0. The highest BCUT2D eigenvalue weighted by atomic mass is 32.1. The first-order valence-electron chi connectivity index (χ1n) is 25.0. The number of fused-ring (bicyclic) bond motifs is 8. The van der Waals surface area contributed by atoms with Crippen molar-refractivity contribution in [3.63, 3.8) is 0 Å². The number of rotatable bonds is 5. The third-order valence-electron chi connectivity index (χ3n) is 16.1. The molecule has 2 bridgehead atoms. The average Bonchev–Trinajstić information content (AvgIpc) is 4.01. The summed E-state index contributed by atoms with van der Waals surface area (Å²) in [6.07, 6.45) is 5.36. The molecule has 0 radical (unpaired) electrons. The minimum Gasteiger partial charge on any atom is -0.339 e. The molecule has 7 aromatic rings. The summed E-state index contributed by atoms with van der Waals surface area (Å²) >= 11 is 2.02. The minimum absolute atomic E-state index is 0.0199. The second-order valence-electron chi connectivity index (χ2n) is 24.7. The molecule has 2 nitrogen and oxygen atoms in total. The molecule has 2 aliphatic carbocycles. The van der Waals surface area contributed by atoms with Crippen molar-refractivity contribution in [3.8, 4) is 0 Å². The molecule has 0 spiro atoms. The van der Waals surface area contributed by atoms with Crippen molar-refractivity contribution < 1.29 is 0 Å². The van der Waals surface area contributed by atoms with E-state index in [2.05, 4.69) is 220 Å². The SMILES string of the molecule is CC(C)(C)c1ccc(C(c2ccc(C(C)(C)C)cc2)c2cc3c4c(c2)N(C2CC5CCC2C5)c2ccccc2B4c2sc4ccc(C(C)(C)C)cc4c2N3c2ccc(C(C)(C)C)cc2)cc1. The van der Waals surface area contributed by atoms with Crippen molar-refractivity contribution >= 4 is 72.3 Å². The quantitative estimate of drug-likeness (QED) is 0.126. The van der Waals surface area contributed by atoms with Crippen LogP contribution in [0.15, 0.2) is 127 Å². The summed E-state index contributed by atoms with van der Waals surface area (Å²) in [6.45, 7) is 28.1. The van der Waals surface area contributed by atoms with E-state index in [1.807, 2.05) is 11.3 Å². The van der Waals surface area contributed by atoms with Gasteiger partial charge in [-0.1, -0.05) is 174 Å². The van der Waals surface area contributed by atoms with Crippen LogP contribution in [0, 0.1) is 11.8 Å². The molecule has 2 saturated carbocycles. The van der Waals surface area contributed by atoms with Gasteiger partial charge in [-0.25, -0.2) is 0 Å². The van der Waals surface area contributed by atoms with E-state index in [-0.39, 0.29) is 34.3 Å². The van der Waals surface area contributed by atoms with Crippen LogP contribution in [0.5, 0.6) is 0 Å². The number of thiophene rings is 1. The van der Waals surface area contributed by atoms with Gasteiger partial charge in [0, 0.05) is 49.6 Å². The molecule has 0 amide bonds. The second kappa shape index (κ2) is 15.2. The largest absolute Gasteiger partial charge is 0.339 e. The summed E-state index contributed by atoms with van der Waals surface area (Å²) in [5, 5.41) is 1.36. The van der Waals surface area contributed by atoms with Crippen LogP contribution in [0.4, 0.5) is 28.4 Å². The first kappa shape index (κ1) is 43.5. The van der Waals surface area contributed by atoms with E-state index in [4.69, 9.17) is 0 Å². The topological polar surface area (TPSA) is 6.48 Å². The van der Waals surface area contributed by atoms with Gasteiger partial charge in [-0.3, -0.25) is 0 Å². The molecule has 0 N–H and O–H groups in total. The number of nitrogens with zero attached hydrogens (tertiary/aromatic N) is 2. The Balaban J connectivity index is 1.24. The molecule has 11 rings (SSSR count). The standard InChI is InChI=1S/C62H69BN2S/c1-59(2,3)43-23-19-39(20-24-43)55(40-21-25-44(26-22-40)60(4,5)6)42-35-52-56-53(36-42)65(51-34-38-17-18-41(51)33-38)50-16-14-13-15-49(50)63(56)58-57(48-37-46(62(10,11)12)29-32-54(48)66-58)64(52)47-30-27-45(28-31-47)61(7,8)9/h13-16,19-32,35-38,41,51,55H,17-18,33-34H2,1-12H3. The van der Waals surface area contributed by atoms with Gasteiger partial charge in [-0.15, -0.1) is 11.3 Å². The van der Waals surface area contributed by atoms with E-state index in [1.54, 1.807) is 0 Å². The van der Waals surface area contributed by atoms with Crippen molar-refractivity contribution in [2.75, 3.05) is 9.80 Å². The smallest absolute Gasteiger partial charge is 0.264 e. The molecule has 3 unspecified atom stereocenters. The van der Waals surface area contributed by atoms with Gasteiger partial charge in [-0.05, 0) is 145 Å². The lowest BCUT2D eigenvalue weighted by Crippen LogP contribution is -2.62. The zero-order chi connectivity index (χ0) is 46.2. The lowest BCUT2D eigenvalue weighted by molar-refractivity contribution is 0.413. The Bertz CT molecular complexity index is 2920. The van der Waals surface area contributed by atoms with Crippen LogP contribution in [0.1, 0.15) is 154 Å². The maximum absolute atomic E-state index is 2.89. The fraction of sp³-hybridized carbons (Fsp3) is 0.387. The van der Waals surface area contributed by atoms with Crippen molar-refractivity contribution in [1.29, 1.82) is 0 Å². The molecular formula is C62H69BN2S.